The van der Waals surface area contributed by atoms with Crippen LogP contribution in [0.15, 0.2) is 71.8 Å². The van der Waals surface area contributed by atoms with Gasteiger partial charge in [-0.05, 0) is 60.7 Å². The summed E-state index contributed by atoms with van der Waals surface area (Å²) in [6.07, 6.45) is 0.979. The molecule has 2 heterocycles. The van der Waals surface area contributed by atoms with E-state index in [0.29, 0.717) is 0 Å². The highest BCUT2D eigenvalue weighted by Gasteiger charge is 2.20. The van der Waals surface area contributed by atoms with Gasteiger partial charge in [-0.3, -0.25) is 4.79 Å². The van der Waals surface area contributed by atoms with E-state index in [1.54, 1.807) is 0 Å². The second-order valence-electron chi connectivity index (χ2n) is 8.42. The van der Waals surface area contributed by atoms with Crippen LogP contribution in [0.1, 0.15) is 22.3 Å². The van der Waals surface area contributed by atoms with Gasteiger partial charge in [-0.25, -0.2) is 9.97 Å². The summed E-state index contributed by atoms with van der Waals surface area (Å²) in [6.45, 7) is 5.79. The Labute approximate surface area is 198 Å². The Morgan fingerprint density at radius 2 is 1.76 bits per heavy atom. The molecule has 1 aromatic heterocycles. The minimum Gasteiger partial charge on any atom is -0.336 e. The Balaban J connectivity index is 1.36. The van der Waals surface area contributed by atoms with Gasteiger partial charge < -0.3 is 10.2 Å². The Hall–Kier alpha value is -3.38. The number of rotatable bonds is 5. The smallest absolute Gasteiger partial charge is 0.234 e. The highest BCUT2D eigenvalue weighted by atomic mass is 32.2. The third-order valence-electron chi connectivity index (χ3n) is 6.10. The zero-order chi connectivity index (χ0) is 22.8. The zero-order valence-corrected chi connectivity index (χ0v) is 19.7. The van der Waals surface area contributed by atoms with E-state index in [0.717, 1.165) is 52.6 Å². The van der Waals surface area contributed by atoms with E-state index in [9.17, 15) is 4.79 Å². The van der Waals surface area contributed by atoms with E-state index in [2.05, 4.69) is 41.4 Å². The fourth-order valence-corrected chi connectivity index (χ4v) is 4.92. The number of nitrogens with one attached hydrogen (secondary N) is 1. The number of anilines is 2. The van der Waals surface area contributed by atoms with Crippen LogP contribution in [0.3, 0.4) is 0 Å². The number of fused-ring (bicyclic) bond motifs is 2. The summed E-state index contributed by atoms with van der Waals surface area (Å²) in [5, 5.41) is 4.82. The monoisotopic (exact) mass is 454 g/mol. The predicted octanol–water partition coefficient (Wildman–Crippen LogP) is 5.54. The number of nitrogens with zero attached hydrogens (tertiary/aromatic N) is 3. The number of hydrogen-bond acceptors (Lipinski definition) is 5. The first kappa shape index (κ1) is 21.5. The number of amides is 1. The molecule has 0 radical (unpaired) electrons. The largest absolute Gasteiger partial charge is 0.336 e. The highest BCUT2D eigenvalue weighted by molar-refractivity contribution is 8.00. The maximum absolute atomic E-state index is 12.7. The van der Waals surface area contributed by atoms with E-state index in [-0.39, 0.29) is 11.7 Å². The molecule has 0 unspecified atom stereocenters. The first-order chi connectivity index (χ1) is 16.1. The number of benzene rings is 3. The lowest BCUT2D eigenvalue weighted by atomic mass is 10.0. The van der Waals surface area contributed by atoms with Gasteiger partial charge in [0.15, 0.2) is 0 Å². The number of carbonyl (C=O) groups is 1. The number of carbonyl (C=O) groups excluding carboxylic acids is 1. The molecule has 5 rings (SSSR count). The van der Waals surface area contributed by atoms with Gasteiger partial charge in [-0.2, -0.15) is 0 Å². The molecular formula is C27H26N4OS. The molecule has 0 aliphatic carbocycles. The van der Waals surface area contributed by atoms with Gasteiger partial charge in [0.05, 0.1) is 11.3 Å². The normalized spacial score (nSPS) is 13.1. The highest BCUT2D eigenvalue weighted by Crippen LogP contribution is 2.30. The van der Waals surface area contributed by atoms with Crippen molar-refractivity contribution in [2.45, 2.75) is 31.8 Å². The zero-order valence-electron chi connectivity index (χ0n) is 18.8. The fourth-order valence-electron chi connectivity index (χ4n) is 4.10. The molecule has 6 heteroatoms. The molecule has 1 aliphatic rings. The van der Waals surface area contributed by atoms with E-state index in [1.807, 2.05) is 49.4 Å². The molecule has 0 saturated heterocycles. The second-order valence-corrected chi connectivity index (χ2v) is 9.39. The molecule has 33 heavy (non-hydrogen) atoms. The van der Waals surface area contributed by atoms with Crippen molar-refractivity contribution in [3.8, 4) is 0 Å². The van der Waals surface area contributed by atoms with Crippen LogP contribution in [0.5, 0.6) is 0 Å². The van der Waals surface area contributed by atoms with E-state index < -0.39 is 0 Å². The van der Waals surface area contributed by atoms with Crippen LogP contribution in [0.4, 0.5) is 11.6 Å². The van der Waals surface area contributed by atoms with Crippen LogP contribution in [0.25, 0.3) is 10.9 Å². The molecule has 0 atom stereocenters. The Morgan fingerprint density at radius 1 is 0.970 bits per heavy atom. The third-order valence-corrected chi connectivity index (χ3v) is 7.09. The van der Waals surface area contributed by atoms with Crippen molar-refractivity contribution < 1.29 is 4.79 Å². The lowest BCUT2D eigenvalue weighted by Crippen LogP contribution is -2.31. The molecule has 1 aliphatic heterocycles. The van der Waals surface area contributed by atoms with Crippen LogP contribution >= 0.6 is 11.8 Å². The van der Waals surface area contributed by atoms with Crippen LogP contribution in [-0.4, -0.2) is 28.2 Å². The van der Waals surface area contributed by atoms with Gasteiger partial charge in [-0.15, -0.1) is 0 Å². The minimum absolute atomic E-state index is 0.0422. The maximum Gasteiger partial charge on any atom is 0.234 e. The molecule has 1 N–H and O–H groups in total. The molecule has 0 bridgehead atoms. The second kappa shape index (κ2) is 9.24. The summed E-state index contributed by atoms with van der Waals surface area (Å²) in [6, 6.07) is 22.5. The minimum atomic E-state index is -0.0422. The molecule has 5 nitrogen and oxygen atoms in total. The van der Waals surface area contributed by atoms with Crippen molar-refractivity contribution in [2.75, 3.05) is 22.5 Å². The van der Waals surface area contributed by atoms with Gasteiger partial charge in [0.2, 0.25) is 11.9 Å². The molecule has 3 aromatic carbocycles. The lowest BCUT2D eigenvalue weighted by Gasteiger charge is -2.29. The summed E-state index contributed by atoms with van der Waals surface area (Å²) in [4.78, 5) is 24.6. The quantitative estimate of drug-likeness (QED) is 0.317. The predicted molar refractivity (Wildman–Crippen MR) is 136 cm³/mol. The molecular weight excluding hydrogens is 428 g/mol. The standard InChI is InChI=1S/C27H26N4OS/c1-18-11-12-22(15-19(18)2)28-25(32)17-33-26-23-9-5-6-10-24(23)29-27(30-26)31-14-13-20-7-3-4-8-21(20)16-31/h3-12,15H,13-14,16-17H2,1-2H3,(H,28,32). The summed E-state index contributed by atoms with van der Waals surface area (Å²) in [7, 11) is 0. The number of hydrogen-bond donors (Lipinski definition) is 1. The van der Waals surface area contributed by atoms with Crippen molar-refractivity contribution >= 4 is 40.2 Å². The van der Waals surface area contributed by atoms with Gasteiger partial charge >= 0.3 is 0 Å². The van der Waals surface area contributed by atoms with Crippen molar-refractivity contribution in [3.63, 3.8) is 0 Å². The molecule has 4 aromatic rings. The fraction of sp³-hybridized carbons (Fsp3) is 0.222. The first-order valence-electron chi connectivity index (χ1n) is 11.2. The number of thioether (sulfide) groups is 1. The van der Waals surface area contributed by atoms with Crippen molar-refractivity contribution in [2.24, 2.45) is 0 Å². The molecule has 1 amide bonds. The summed E-state index contributed by atoms with van der Waals surface area (Å²) >= 11 is 1.46. The topological polar surface area (TPSA) is 58.1 Å². The van der Waals surface area contributed by atoms with Crippen LogP contribution in [0.2, 0.25) is 0 Å². The van der Waals surface area contributed by atoms with Crippen molar-refractivity contribution in [1.29, 1.82) is 0 Å². The van der Waals surface area contributed by atoms with Crippen LogP contribution in [-0.2, 0) is 17.8 Å². The SMILES string of the molecule is Cc1ccc(NC(=O)CSc2nc(N3CCc4ccccc4C3)nc3ccccc23)cc1C. The van der Waals surface area contributed by atoms with E-state index in [4.69, 9.17) is 9.97 Å². The first-order valence-corrected chi connectivity index (χ1v) is 12.1. The third kappa shape index (κ3) is 4.71. The Morgan fingerprint density at radius 3 is 2.61 bits per heavy atom. The average molecular weight is 455 g/mol. The number of aryl methyl sites for hydroxylation is 2. The lowest BCUT2D eigenvalue weighted by molar-refractivity contribution is -0.113. The molecule has 0 saturated carbocycles. The summed E-state index contributed by atoms with van der Waals surface area (Å²) < 4.78 is 0. The summed E-state index contributed by atoms with van der Waals surface area (Å²) in [5.41, 5.74) is 6.81. The van der Waals surface area contributed by atoms with E-state index in [1.165, 1.54) is 28.5 Å². The Bertz CT molecular complexity index is 1340. The molecule has 166 valence electrons. The average Bonchev–Trinajstić information content (AvgIpc) is 2.84. The van der Waals surface area contributed by atoms with E-state index >= 15 is 0 Å². The van der Waals surface area contributed by atoms with Crippen LogP contribution < -0.4 is 10.2 Å². The number of para-hydroxylation sites is 1. The van der Waals surface area contributed by atoms with Gasteiger partial charge in [-0.1, -0.05) is 60.3 Å². The van der Waals surface area contributed by atoms with Gasteiger partial charge in [0, 0.05) is 24.2 Å². The van der Waals surface area contributed by atoms with Gasteiger partial charge in [0.1, 0.15) is 5.03 Å². The van der Waals surface area contributed by atoms with Crippen molar-refractivity contribution in [1.82, 2.24) is 9.97 Å². The Kier molecular flexibility index (Phi) is 6.01. The van der Waals surface area contributed by atoms with Gasteiger partial charge in [0.25, 0.3) is 0 Å². The van der Waals surface area contributed by atoms with Crippen LogP contribution in [0, 0.1) is 13.8 Å². The maximum atomic E-state index is 12.7. The summed E-state index contributed by atoms with van der Waals surface area (Å²) in [5.74, 6) is 0.968. The van der Waals surface area contributed by atoms with Crippen molar-refractivity contribution in [3.05, 3.63) is 89.0 Å². The molecule has 0 fully saturated rings. The number of aromatic nitrogens is 2. The molecule has 0 spiro atoms.